The minimum atomic E-state index is 0.239. The molecule has 1 aliphatic rings. The zero-order chi connectivity index (χ0) is 12.3. The monoisotopic (exact) mass is 235 g/mol. The molecule has 4 nitrogen and oxygen atoms in total. The first-order chi connectivity index (χ1) is 8.22. The van der Waals surface area contributed by atoms with E-state index < -0.39 is 0 Å². The first kappa shape index (κ1) is 12.2. The van der Waals surface area contributed by atoms with Crippen LogP contribution in [0.1, 0.15) is 31.2 Å². The first-order valence-electron chi connectivity index (χ1n) is 6.31. The second-order valence-corrected chi connectivity index (χ2v) is 4.87. The van der Waals surface area contributed by atoms with Crippen molar-refractivity contribution in [2.75, 3.05) is 17.7 Å². The van der Waals surface area contributed by atoms with Crippen molar-refractivity contribution in [3.63, 3.8) is 0 Å². The summed E-state index contributed by atoms with van der Waals surface area (Å²) >= 11 is 0. The van der Waals surface area contributed by atoms with E-state index in [2.05, 4.69) is 10.3 Å². The summed E-state index contributed by atoms with van der Waals surface area (Å²) in [5.41, 5.74) is 7.76. The van der Waals surface area contributed by atoms with Crippen LogP contribution in [-0.2, 0) is 0 Å². The molecule has 2 rings (SSSR count). The van der Waals surface area contributed by atoms with Crippen molar-refractivity contribution in [1.29, 1.82) is 0 Å². The predicted octanol–water partition coefficient (Wildman–Crippen LogP) is 1.94. The maximum Gasteiger partial charge on any atom is 0.149 e. The number of nitrogen functional groups attached to an aromatic ring is 1. The number of anilines is 2. The Kier molecular flexibility index (Phi) is 3.84. The summed E-state index contributed by atoms with van der Waals surface area (Å²) in [6, 6.07) is 2.20. The first-order valence-corrected chi connectivity index (χ1v) is 6.31. The average Bonchev–Trinajstić information content (AvgIpc) is 2.35. The van der Waals surface area contributed by atoms with E-state index in [4.69, 9.17) is 5.73 Å². The molecule has 0 radical (unpaired) electrons. The number of aromatic nitrogens is 1. The fraction of sp³-hybridized carbons (Fsp3) is 0.615. The van der Waals surface area contributed by atoms with Gasteiger partial charge in [0.2, 0.25) is 0 Å². The van der Waals surface area contributed by atoms with Gasteiger partial charge in [-0.3, -0.25) is 0 Å². The van der Waals surface area contributed by atoms with Crippen LogP contribution in [0.15, 0.2) is 12.3 Å². The lowest BCUT2D eigenvalue weighted by molar-refractivity contribution is 0.178. The zero-order valence-corrected chi connectivity index (χ0v) is 10.3. The van der Waals surface area contributed by atoms with Crippen molar-refractivity contribution in [1.82, 2.24) is 4.98 Å². The molecule has 4 heteroatoms. The number of aliphatic hydroxyl groups excluding tert-OH is 1. The Labute approximate surface area is 102 Å². The zero-order valence-electron chi connectivity index (χ0n) is 10.3. The third kappa shape index (κ3) is 2.69. The number of nitrogens with two attached hydrogens (primary N) is 1. The molecule has 0 amide bonds. The van der Waals surface area contributed by atoms with Gasteiger partial charge in [-0.15, -0.1) is 0 Å². The number of aliphatic hydroxyl groups is 1. The molecular weight excluding hydrogens is 214 g/mol. The van der Waals surface area contributed by atoms with Gasteiger partial charge in [0.15, 0.2) is 0 Å². The molecule has 2 unspecified atom stereocenters. The van der Waals surface area contributed by atoms with Crippen LogP contribution in [0.2, 0.25) is 0 Å². The van der Waals surface area contributed by atoms with Gasteiger partial charge in [0, 0.05) is 24.8 Å². The molecule has 2 atom stereocenters. The second kappa shape index (κ2) is 5.36. The molecule has 1 heterocycles. The van der Waals surface area contributed by atoms with Crippen molar-refractivity contribution >= 4 is 11.5 Å². The molecule has 17 heavy (non-hydrogen) atoms. The molecule has 94 valence electrons. The van der Waals surface area contributed by atoms with Crippen molar-refractivity contribution < 1.29 is 5.11 Å². The third-order valence-electron chi connectivity index (χ3n) is 3.67. The number of aryl methyl sites for hydroxylation is 1. The van der Waals surface area contributed by atoms with Crippen molar-refractivity contribution in [3.8, 4) is 0 Å². The molecule has 4 N–H and O–H groups in total. The van der Waals surface area contributed by atoms with Crippen LogP contribution in [0, 0.1) is 12.8 Å². The van der Waals surface area contributed by atoms with Crippen LogP contribution in [-0.4, -0.2) is 22.7 Å². The lowest BCUT2D eigenvalue weighted by atomic mass is 9.85. The van der Waals surface area contributed by atoms with Crippen molar-refractivity contribution in [3.05, 3.63) is 17.8 Å². The number of hydrogen-bond donors (Lipinski definition) is 3. The quantitative estimate of drug-likeness (QED) is 0.748. The molecule has 1 aliphatic carbocycles. The Bertz CT molecular complexity index is 381. The third-order valence-corrected chi connectivity index (χ3v) is 3.67. The normalized spacial score (nSPS) is 24.6. The van der Waals surface area contributed by atoms with Gasteiger partial charge >= 0.3 is 0 Å². The summed E-state index contributed by atoms with van der Waals surface area (Å²) < 4.78 is 0. The van der Waals surface area contributed by atoms with Crippen LogP contribution < -0.4 is 11.1 Å². The molecule has 1 aromatic rings. The highest BCUT2D eigenvalue weighted by Crippen LogP contribution is 2.28. The van der Waals surface area contributed by atoms with Gasteiger partial charge in [-0.05, 0) is 31.4 Å². The Balaban J connectivity index is 2.11. The summed E-state index contributed by atoms with van der Waals surface area (Å²) in [4.78, 5) is 4.28. The average molecular weight is 235 g/mol. The van der Waals surface area contributed by atoms with E-state index in [9.17, 15) is 5.11 Å². The van der Waals surface area contributed by atoms with E-state index >= 15 is 0 Å². The van der Waals surface area contributed by atoms with E-state index in [-0.39, 0.29) is 6.61 Å². The van der Waals surface area contributed by atoms with E-state index in [0.717, 1.165) is 29.9 Å². The highest BCUT2D eigenvalue weighted by atomic mass is 16.3. The number of hydrogen-bond acceptors (Lipinski definition) is 4. The molecule has 0 spiro atoms. The smallest absolute Gasteiger partial charge is 0.149 e. The van der Waals surface area contributed by atoms with Crippen LogP contribution in [0.5, 0.6) is 0 Å². The molecule has 0 bridgehead atoms. The van der Waals surface area contributed by atoms with E-state index in [1.165, 1.54) is 12.8 Å². The summed E-state index contributed by atoms with van der Waals surface area (Å²) in [5, 5.41) is 12.8. The SMILES string of the molecule is Cc1ccnc(NC2CCCCC2CO)c1N. The Morgan fingerprint density at radius 3 is 3.00 bits per heavy atom. The lowest BCUT2D eigenvalue weighted by Crippen LogP contribution is -2.34. The Morgan fingerprint density at radius 2 is 2.24 bits per heavy atom. The topological polar surface area (TPSA) is 71.2 Å². The molecule has 0 saturated heterocycles. The van der Waals surface area contributed by atoms with Gasteiger partial charge in [0.25, 0.3) is 0 Å². The van der Waals surface area contributed by atoms with E-state index in [1.54, 1.807) is 6.20 Å². The maximum absolute atomic E-state index is 9.37. The molecule has 1 saturated carbocycles. The molecule has 0 aromatic carbocycles. The largest absolute Gasteiger partial charge is 0.396 e. The van der Waals surface area contributed by atoms with Crippen LogP contribution in [0.4, 0.5) is 11.5 Å². The maximum atomic E-state index is 9.37. The van der Waals surface area contributed by atoms with Gasteiger partial charge in [-0.1, -0.05) is 12.8 Å². The van der Waals surface area contributed by atoms with Gasteiger partial charge in [0.05, 0.1) is 5.69 Å². The van der Waals surface area contributed by atoms with Crippen LogP contribution in [0.25, 0.3) is 0 Å². The summed E-state index contributed by atoms with van der Waals surface area (Å²) in [6.07, 6.45) is 6.35. The second-order valence-electron chi connectivity index (χ2n) is 4.87. The van der Waals surface area contributed by atoms with Crippen molar-refractivity contribution in [2.24, 2.45) is 5.92 Å². The number of rotatable bonds is 3. The summed E-state index contributed by atoms with van der Waals surface area (Å²) in [7, 11) is 0. The van der Waals surface area contributed by atoms with E-state index in [1.807, 2.05) is 13.0 Å². The van der Waals surface area contributed by atoms with Gasteiger partial charge in [-0.25, -0.2) is 4.98 Å². The number of nitrogens with one attached hydrogen (secondary N) is 1. The minimum absolute atomic E-state index is 0.239. The Morgan fingerprint density at radius 1 is 1.47 bits per heavy atom. The van der Waals surface area contributed by atoms with Crippen LogP contribution >= 0.6 is 0 Å². The molecular formula is C13H21N3O. The van der Waals surface area contributed by atoms with Gasteiger partial charge in [-0.2, -0.15) is 0 Å². The molecule has 1 aromatic heterocycles. The lowest BCUT2D eigenvalue weighted by Gasteiger charge is -2.31. The highest BCUT2D eigenvalue weighted by molar-refractivity contribution is 5.65. The van der Waals surface area contributed by atoms with Crippen molar-refractivity contribution in [2.45, 2.75) is 38.6 Å². The number of nitrogens with zero attached hydrogens (tertiary/aromatic N) is 1. The summed E-state index contributed by atoms with van der Waals surface area (Å²) in [5.74, 6) is 1.08. The van der Waals surface area contributed by atoms with Gasteiger partial charge in [0.1, 0.15) is 5.82 Å². The highest BCUT2D eigenvalue weighted by Gasteiger charge is 2.25. The van der Waals surface area contributed by atoms with E-state index in [0.29, 0.717) is 12.0 Å². The predicted molar refractivity (Wildman–Crippen MR) is 69.8 cm³/mol. The fourth-order valence-corrected chi connectivity index (χ4v) is 2.48. The number of pyridine rings is 1. The van der Waals surface area contributed by atoms with Crippen LogP contribution in [0.3, 0.4) is 0 Å². The standard InChI is InChI=1S/C13H21N3O/c1-9-6-7-15-13(12(9)14)16-11-5-3-2-4-10(11)8-17/h6-7,10-11,17H,2-5,8,14H2,1H3,(H,15,16). The minimum Gasteiger partial charge on any atom is -0.396 e. The fourth-order valence-electron chi connectivity index (χ4n) is 2.48. The molecule has 1 fully saturated rings. The Hall–Kier alpha value is -1.29. The molecule has 0 aliphatic heterocycles. The summed E-state index contributed by atoms with van der Waals surface area (Å²) in [6.45, 7) is 2.22. The van der Waals surface area contributed by atoms with Gasteiger partial charge < -0.3 is 16.2 Å².